The molecule has 6 heteroatoms. The zero-order valence-electron chi connectivity index (χ0n) is 9.49. The predicted octanol–water partition coefficient (Wildman–Crippen LogP) is 2.82. The summed E-state index contributed by atoms with van der Waals surface area (Å²) >= 11 is 11.5. The van der Waals surface area contributed by atoms with Gasteiger partial charge in [-0.25, -0.2) is 0 Å². The van der Waals surface area contributed by atoms with E-state index in [0.29, 0.717) is 6.54 Å². The standard InChI is InChI=1S/C11H13Cl2N3O/c1-3-4-5-6-16(2)11(17)8-7-9(12)14-15-10(8)13/h3,7H,1,4-6H2,2H3. The van der Waals surface area contributed by atoms with E-state index < -0.39 is 0 Å². The molecular formula is C11H13Cl2N3O. The lowest BCUT2D eigenvalue weighted by Crippen LogP contribution is -2.28. The van der Waals surface area contributed by atoms with Gasteiger partial charge in [0.25, 0.3) is 5.91 Å². The van der Waals surface area contributed by atoms with Crippen LogP contribution in [0, 0.1) is 0 Å². The monoisotopic (exact) mass is 273 g/mol. The molecule has 1 heterocycles. The Labute approximate surface area is 110 Å². The van der Waals surface area contributed by atoms with Crippen molar-refractivity contribution in [3.05, 3.63) is 34.6 Å². The van der Waals surface area contributed by atoms with Crippen LogP contribution in [0.25, 0.3) is 0 Å². The van der Waals surface area contributed by atoms with Gasteiger partial charge in [-0.3, -0.25) is 4.79 Å². The molecule has 0 aliphatic rings. The van der Waals surface area contributed by atoms with E-state index in [-0.39, 0.29) is 21.8 Å². The van der Waals surface area contributed by atoms with E-state index in [1.54, 1.807) is 11.9 Å². The maximum Gasteiger partial charge on any atom is 0.256 e. The number of hydrogen-bond acceptors (Lipinski definition) is 3. The van der Waals surface area contributed by atoms with Crippen LogP contribution in [0.4, 0.5) is 0 Å². The molecule has 0 aliphatic heterocycles. The van der Waals surface area contributed by atoms with Gasteiger partial charge in [-0.1, -0.05) is 29.3 Å². The summed E-state index contributed by atoms with van der Waals surface area (Å²) in [7, 11) is 1.70. The summed E-state index contributed by atoms with van der Waals surface area (Å²) in [6, 6.07) is 1.42. The second kappa shape index (κ2) is 6.57. The van der Waals surface area contributed by atoms with Gasteiger partial charge in [-0.2, -0.15) is 0 Å². The summed E-state index contributed by atoms with van der Waals surface area (Å²) in [5, 5.41) is 7.37. The minimum absolute atomic E-state index is 0.0648. The van der Waals surface area contributed by atoms with E-state index in [2.05, 4.69) is 16.8 Å². The highest BCUT2D eigenvalue weighted by Gasteiger charge is 2.16. The summed E-state index contributed by atoms with van der Waals surface area (Å²) in [6.07, 6.45) is 3.53. The zero-order valence-corrected chi connectivity index (χ0v) is 11.0. The van der Waals surface area contributed by atoms with E-state index in [0.717, 1.165) is 12.8 Å². The van der Waals surface area contributed by atoms with Crippen molar-refractivity contribution in [3.63, 3.8) is 0 Å². The topological polar surface area (TPSA) is 46.1 Å². The SMILES string of the molecule is C=CCCCN(C)C(=O)c1cc(Cl)nnc1Cl. The van der Waals surface area contributed by atoms with Gasteiger partial charge in [0.15, 0.2) is 10.3 Å². The van der Waals surface area contributed by atoms with Crippen LogP contribution in [0.2, 0.25) is 10.3 Å². The second-order valence-electron chi connectivity index (χ2n) is 3.53. The summed E-state index contributed by atoms with van der Waals surface area (Å²) in [6.45, 7) is 4.25. The lowest BCUT2D eigenvalue weighted by molar-refractivity contribution is 0.0793. The Morgan fingerprint density at radius 1 is 1.53 bits per heavy atom. The lowest BCUT2D eigenvalue weighted by atomic mass is 10.2. The van der Waals surface area contributed by atoms with E-state index >= 15 is 0 Å². The van der Waals surface area contributed by atoms with Crippen molar-refractivity contribution >= 4 is 29.1 Å². The number of carbonyl (C=O) groups excluding carboxylic acids is 1. The fourth-order valence-electron chi connectivity index (χ4n) is 1.28. The molecule has 1 amide bonds. The van der Waals surface area contributed by atoms with Gasteiger partial charge >= 0.3 is 0 Å². The molecule has 0 saturated heterocycles. The molecule has 0 radical (unpaired) electrons. The number of halogens is 2. The van der Waals surface area contributed by atoms with Crippen LogP contribution in [0.1, 0.15) is 23.2 Å². The van der Waals surface area contributed by atoms with Crippen LogP contribution >= 0.6 is 23.2 Å². The number of hydrogen-bond donors (Lipinski definition) is 0. The summed E-state index contributed by atoms with van der Waals surface area (Å²) < 4.78 is 0. The molecule has 0 saturated carbocycles. The Morgan fingerprint density at radius 3 is 2.88 bits per heavy atom. The van der Waals surface area contributed by atoms with Gasteiger partial charge in [0, 0.05) is 13.6 Å². The lowest BCUT2D eigenvalue weighted by Gasteiger charge is -2.16. The molecular weight excluding hydrogens is 261 g/mol. The number of carbonyl (C=O) groups is 1. The maximum atomic E-state index is 12.0. The first-order chi connectivity index (χ1) is 8.06. The molecule has 1 aromatic heterocycles. The van der Waals surface area contributed by atoms with Crippen LogP contribution in [-0.2, 0) is 0 Å². The van der Waals surface area contributed by atoms with Crippen LogP contribution in [0.15, 0.2) is 18.7 Å². The molecule has 0 unspecified atom stereocenters. The van der Waals surface area contributed by atoms with E-state index in [1.165, 1.54) is 6.07 Å². The number of aromatic nitrogens is 2. The normalized spacial score (nSPS) is 10.1. The largest absolute Gasteiger partial charge is 0.342 e. The Balaban J connectivity index is 2.74. The van der Waals surface area contributed by atoms with Gasteiger partial charge in [0.2, 0.25) is 0 Å². The molecule has 1 aromatic rings. The maximum absolute atomic E-state index is 12.0. The van der Waals surface area contributed by atoms with Gasteiger partial charge in [-0.05, 0) is 18.9 Å². The Bertz CT molecular complexity index is 423. The van der Waals surface area contributed by atoms with E-state index in [1.807, 2.05) is 6.08 Å². The average molecular weight is 274 g/mol. The molecule has 0 N–H and O–H groups in total. The third kappa shape index (κ3) is 3.98. The number of nitrogens with zero attached hydrogens (tertiary/aromatic N) is 3. The molecule has 1 rings (SSSR count). The second-order valence-corrected chi connectivity index (χ2v) is 4.27. The molecule has 92 valence electrons. The van der Waals surface area contributed by atoms with Crippen molar-refractivity contribution in [1.82, 2.24) is 15.1 Å². The molecule has 0 aliphatic carbocycles. The van der Waals surface area contributed by atoms with Gasteiger partial charge < -0.3 is 4.90 Å². The molecule has 0 bridgehead atoms. The summed E-state index contributed by atoms with van der Waals surface area (Å²) in [4.78, 5) is 13.6. The van der Waals surface area contributed by atoms with E-state index in [4.69, 9.17) is 23.2 Å². The number of rotatable bonds is 5. The Kier molecular flexibility index (Phi) is 5.38. The van der Waals surface area contributed by atoms with Crippen LogP contribution in [0.3, 0.4) is 0 Å². The van der Waals surface area contributed by atoms with Gasteiger partial charge in [0.05, 0.1) is 5.56 Å². The van der Waals surface area contributed by atoms with Crippen LogP contribution < -0.4 is 0 Å². The molecule has 0 atom stereocenters. The molecule has 4 nitrogen and oxygen atoms in total. The first-order valence-electron chi connectivity index (χ1n) is 5.11. The van der Waals surface area contributed by atoms with Gasteiger partial charge in [-0.15, -0.1) is 16.8 Å². The summed E-state index contributed by atoms with van der Waals surface area (Å²) in [5.74, 6) is -0.212. The minimum atomic E-state index is -0.212. The van der Waals surface area contributed by atoms with Crippen molar-refractivity contribution in [2.24, 2.45) is 0 Å². The molecule has 0 spiro atoms. The highest BCUT2D eigenvalue weighted by Crippen LogP contribution is 2.17. The highest BCUT2D eigenvalue weighted by molar-refractivity contribution is 6.34. The van der Waals surface area contributed by atoms with Crippen LogP contribution in [0.5, 0.6) is 0 Å². The number of allylic oxidation sites excluding steroid dienone is 1. The molecule has 0 aromatic carbocycles. The zero-order chi connectivity index (χ0) is 12.8. The van der Waals surface area contributed by atoms with Crippen molar-refractivity contribution in [2.75, 3.05) is 13.6 Å². The number of amides is 1. The van der Waals surface area contributed by atoms with Crippen molar-refractivity contribution in [3.8, 4) is 0 Å². The van der Waals surface area contributed by atoms with E-state index in [9.17, 15) is 4.79 Å². The molecule has 0 fully saturated rings. The highest BCUT2D eigenvalue weighted by atomic mass is 35.5. The minimum Gasteiger partial charge on any atom is -0.342 e. The first kappa shape index (κ1) is 13.9. The third-order valence-electron chi connectivity index (χ3n) is 2.20. The van der Waals surface area contributed by atoms with Crippen molar-refractivity contribution < 1.29 is 4.79 Å². The summed E-state index contributed by atoms with van der Waals surface area (Å²) in [5.41, 5.74) is 0.271. The smallest absolute Gasteiger partial charge is 0.256 e. The van der Waals surface area contributed by atoms with Gasteiger partial charge in [0.1, 0.15) is 0 Å². The Morgan fingerprint density at radius 2 is 2.24 bits per heavy atom. The third-order valence-corrected chi connectivity index (χ3v) is 2.66. The fourth-order valence-corrected chi connectivity index (χ4v) is 1.60. The average Bonchev–Trinajstić information content (AvgIpc) is 2.31. The fraction of sp³-hybridized carbons (Fsp3) is 0.364. The van der Waals surface area contributed by atoms with Crippen molar-refractivity contribution in [1.29, 1.82) is 0 Å². The Hall–Kier alpha value is -1.13. The molecule has 17 heavy (non-hydrogen) atoms. The van der Waals surface area contributed by atoms with Crippen molar-refractivity contribution in [2.45, 2.75) is 12.8 Å². The quantitative estimate of drug-likeness (QED) is 0.612. The van der Waals surface area contributed by atoms with Crippen LogP contribution in [-0.4, -0.2) is 34.6 Å². The predicted molar refractivity (Wildman–Crippen MR) is 68.4 cm³/mol. The number of unbranched alkanes of at least 4 members (excludes halogenated alkanes) is 1. The first-order valence-corrected chi connectivity index (χ1v) is 5.87.